The van der Waals surface area contributed by atoms with Crippen molar-refractivity contribution in [1.29, 1.82) is 0 Å². The third-order valence-corrected chi connectivity index (χ3v) is 16.1. The molecule has 3 amide bonds. The van der Waals surface area contributed by atoms with Crippen molar-refractivity contribution in [3.8, 4) is 0 Å². The van der Waals surface area contributed by atoms with Crippen LogP contribution in [0.5, 0.6) is 0 Å². The molecule has 18 nitrogen and oxygen atoms in total. The van der Waals surface area contributed by atoms with E-state index in [-0.39, 0.29) is 48.9 Å². The van der Waals surface area contributed by atoms with Gasteiger partial charge in [-0.3, -0.25) is 9.59 Å². The number of halogens is 1. The fourth-order valence-corrected chi connectivity index (χ4v) is 11.2. The minimum Gasteiger partial charge on any atom is -0.443 e. The van der Waals surface area contributed by atoms with Gasteiger partial charge in [0, 0.05) is 82.6 Å². The number of H-pyrrole nitrogens is 1. The molecule has 0 atom stereocenters. The normalized spacial score (nSPS) is 17.3. The number of nitrogens with zero attached hydrogens (tertiary/aromatic N) is 6. The Morgan fingerprint density at radius 2 is 1.28 bits per heavy atom. The summed E-state index contributed by atoms with van der Waals surface area (Å²) in [6, 6.07) is 28.4. The monoisotopic (exact) mass is 1200 g/mol. The fraction of sp³-hybridized carbons (Fsp3) is 0.373. The van der Waals surface area contributed by atoms with Crippen LogP contribution >= 0.6 is 11.6 Å². The lowest BCUT2D eigenvalue weighted by molar-refractivity contribution is 0.00578. The number of rotatable bonds is 6. The number of pyridine rings is 2. The van der Waals surface area contributed by atoms with Crippen LogP contribution in [0, 0.1) is 0 Å². The minimum absolute atomic E-state index is 0. The van der Waals surface area contributed by atoms with E-state index in [2.05, 4.69) is 126 Å². The molecular weight excluding hydrogens is 1120 g/mol. The lowest BCUT2D eigenvalue weighted by atomic mass is 9.89. The lowest BCUT2D eigenvalue weighted by Gasteiger charge is -2.32. The Balaban J connectivity index is 0.000000146. The summed E-state index contributed by atoms with van der Waals surface area (Å²) in [6.45, 7) is 26.0. The van der Waals surface area contributed by atoms with Gasteiger partial charge < -0.3 is 48.4 Å². The number of nitrogens with one attached hydrogen (secondary N) is 2. The van der Waals surface area contributed by atoms with Crippen molar-refractivity contribution >= 4 is 116 Å². The molecule has 5 aliphatic heterocycles. The molecule has 87 heavy (non-hydrogen) atoms. The number of fused-ring (bicyclic) bond motifs is 10. The molecule has 9 heterocycles. The predicted molar refractivity (Wildman–Crippen MR) is 344 cm³/mol. The number of carbonyl (C=O) groups is 4. The van der Waals surface area contributed by atoms with Gasteiger partial charge in [0.25, 0.3) is 11.8 Å². The van der Waals surface area contributed by atoms with Crippen LogP contribution < -0.4 is 15.1 Å². The van der Waals surface area contributed by atoms with E-state index in [0.717, 1.165) is 113 Å². The first kappa shape index (κ1) is 62.0. The maximum atomic E-state index is 13.3. The van der Waals surface area contributed by atoms with E-state index in [1.807, 2.05) is 24.3 Å². The summed E-state index contributed by atoms with van der Waals surface area (Å²) in [5.41, 5.74) is 7.23. The zero-order valence-corrected chi connectivity index (χ0v) is 51.1. The highest BCUT2D eigenvalue weighted by atomic mass is 35.5. The maximum Gasteiger partial charge on any atom is 0.487 e. The van der Waals surface area contributed by atoms with Gasteiger partial charge in [-0.15, -0.1) is 0 Å². The molecule has 0 saturated carbocycles. The van der Waals surface area contributed by atoms with Crippen molar-refractivity contribution in [3.05, 3.63) is 148 Å². The van der Waals surface area contributed by atoms with Gasteiger partial charge in [0.15, 0.2) is 0 Å². The smallest absolute Gasteiger partial charge is 0.443 e. The number of ether oxygens (including phenoxy) is 4. The molecule has 454 valence electrons. The van der Waals surface area contributed by atoms with Gasteiger partial charge in [0.1, 0.15) is 16.4 Å². The van der Waals surface area contributed by atoms with Gasteiger partial charge in [-0.05, 0) is 128 Å². The first-order valence-electron chi connectivity index (χ1n) is 29.1. The molecule has 3 fully saturated rings. The number of carbonyl (C=O) groups excluding carboxylic acids is 4. The molecule has 0 spiro atoms. The number of benzene rings is 4. The molecule has 3 saturated heterocycles. The molecular formula is C67H76BClN8O10. The highest BCUT2D eigenvalue weighted by molar-refractivity contribution is 6.52. The SMILES string of the molecule is C.CC(C)(C)OC(=O)N1Cc2c(c3ccc4cnc(Cl)cc4c3n2C(=O)OC(C)(C)C)C1=O.CC1(C)OB(/C=C/c2cccc(N3CCOCC3)c2)OC1(C)C.O=C1NCc2nc3c(ccc4c[nH]c(/C=C/c5cccc(N6CCOCC6)c5)cc43)c21. The number of morpholine rings is 2. The van der Waals surface area contributed by atoms with Crippen molar-refractivity contribution in [3.63, 3.8) is 0 Å². The second-order valence-electron chi connectivity index (χ2n) is 24.9. The third-order valence-electron chi connectivity index (χ3n) is 15.9. The highest BCUT2D eigenvalue weighted by Gasteiger charge is 2.50. The molecule has 5 aliphatic rings. The summed E-state index contributed by atoms with van der Waals surface area (Å²) in [6.07, 6.45) is 8.46. The molecule has 0 unspecified atom stereocenters. The van der Waals surface area contributed by atoms with E-state index in [9.17, 15) is 19.2 Å². The Hall–Kier alpha value is -8.07. The predicted octanol–water partition coefficient (Wildman–Crippen LogP) is 13.3. The summed E-state index contributed by atoms with van der Waals surface area (Å²) in [5, 5.41) is 8.10. The second kappa shape index (κ2) is 24.6. The molecule has 4 aromatic carbocycles. The summed E-state index contributed by atoms with van der Waals surface area (Å²) in [4.78, 5) is 69.3. The van der Waals surface area contributed by atoms with Crippen molar-refractivity contribution in [1.82, 2.24) is 29.7 Å². The molecule has 2 N–H and O–H groups in total. The van der Waals surface area contributed by atoms with Crippen LogP contribution in [0.3, 0.4) is 0 Å². The minimum atomic E-state index is -0.771. The van der Waals surface area contributed by atoms with Gasteiger partial charge in [0.05, 0.1) is 84.3 Å². The number of hydrogen-bond donors (Lipinski definition) is 2. The van der Waals surface area contributed by atoms with Gasteiger partial charge >= 0.3 is 19.3 Å². The maximum absolute atomic E-state index is 13.3. The molecule has 0 radical (unpaired) electrons. The van der Waals surface area contributed by atoms with E-state index < -0.39 is 29.3 Å². The van der Waals surface area contributed by atoms with Crippen LogP contribution in [0.1, 0.15) is 126 Å². The number of aromatic amines is 1. The number of anilines is 2. The first-order valence-corrected chi connectivity index (χ1v) is 29.5. The Morgan fingerprint density at radius 1 is 0.690 bits per heavy atom. The molecule has 20 heteroatoms. The Morgan fingerprint density at radius 3 is 1.90 bits per heavy atom. The Kier molecular flexibility index (Phi) is 17.5. The van der Waals surface area contributed by atoms with E-state index in [4.69, 9.17) is 44.8 Å². The fourth-order valence-electron chi connectivity index (χ4n) is 11.0. The quantitative estimate of drug-likeness (QED) is 0.118. The molecule has 8 aromatic rings. The van der Waals surface area contributed by atoms with Gasteiger partial charge in [-0.1, -0.05) is 85.7 Å². The largest absolute Gasteiger partial charge is 0.487 e. The van der Waals surface area contributed by atoms with Crippen molar-refractivity contribution in [2.24, 2.45) is 0 Å². The summed E-state index contributed by atoms with van der Waals surface area (Å²) in [7, 11) is -0.299. The van der Waals surface area contributed by atoms with Crippen LogP contribution in [-0.2, 0) is 41.3 Å². The second-order valence-corrected chi connectivity index (χ2v) is 25.3. The van der Waals surface area contributed by atoms with Gasteiger partial charge in [-0.2, -0.15) is 0 Å². The zero-order valence-electron chi connectivity index (χ0n) is 50.3. The third kappa shape index (κ3) is 13.3. The van der Waals surface area contributed by atoms with Crippen LogP contribution in [0.4, 0.5) is 21.0 Å². The Labute approximate surface area is 512 Å². The first-order chi connectivity index (χ1) is 40.9. The van der Waals surface area contributed by atoms with Crippen LogP contribution in [-0.4, -0.2) is 131 Å². The Bertz CT molecular complexity index is 4000. The highest BCUT2D eigenvalue weighted by Crippen LogP contribution is 2.40. The van der Waals surface area contributed by atoms with Crippen LogP contribution in [0.15, 0.2) is 103 Å². The van der Waals surface area contributed by atoms with Crippen molar-refractivity contribution < 1.29 is 47.4 Å². The number of amides is 3. The van der Waals surface area contributed by atoms with E-state index in [1.165, 1.54) is 15.9 Å². The van der Waals surface area contributed by atoms with Gasteiger partial charge in [-0.25, -0.2) is 29.0 Å². The molecule has 13 rings (SSSR count). The zero-order chi connectivity index (χ0) is 60.9. The summed E-state index contributed by atoms with van der Waals surface area (Å²) in [5.74, 6) is 1.44. The van der Waals surface area contributed by atoms with Crippen molar-refractivity contribution in [2.45, 2.75) is 112 Å². The number of imide groups is 1. The van der Waals surface area contributed by atoms with Crippen LogP contribution in [0.25, 0.3) is 61.6 Å². The average Bonchev–Trinajstić information content (AvgIpc) is 1.58. The van der Waals surface area contributed by atoms with E-state index in [1.54, 1.807) is 65.9 Å². The van der Waals surface area contributed by atoms with E-state index >= 15 is 0 Å². The van der Waals surface area contributed by atoms with Crippen molar-refractivity contribution in [2.75, 3.05) is 62.4 Å². The number of aromatic nitrogens is 4. The average molecular weight is 1200 g/mol. The molecule has 0 aliphatic carbocycles. The van der Waals surface area contributed by atoms with Crippen LogP contribution in [0.2, 0.25) is 5.15 Å². The molecule has 0 bridgehead atoms. The summed E-state index contributed by atoms with van der Waals surface area (Å²) < 4.78 is 35.3. The summed E-state index contributed by atoms with van der Waals surface area (Å²) >= 11 is 6.13. The van der Waals surface area contributed by atoms with Gasteiger partial charge in [0.2, 0.25) is 0 Å². The van der Waals surface area contributed by atoms with E-state index in [0.29, 0.717) is 28.5 Å². The number of hydrogen-bond acceptors (Lipinski definition) is 14. The standard InChI is InChI=1S/C25H22N4O2.C23H24ClN3O5.C18H26BNO3.CH4/c30-25-23-20-7-5-17-14-26-18(13-21(17)24(20)28-22(23)15-27-25)6-4-16-2-1-3-19(12-16)29-8-10-31-11-9-29;1-22(2,3)31-20(29)26-11-15-17(19(26)28)13-8-7-12-10-25-16(24)9-14(12)18(13)27(15)21(30)32-23(4,5)6;1-17(2)18(3,4)23-19(22-17)9-8-15-6-5-7-16(14-15)20-10-12-21-13-11-20;/h1-7,12-14,26H,8-11,15H2,(H,27,30);7-10H,11H2,1-6H3;5-9,14H,10-13H2,1-4H3;1H4/b6-4+;;9-8+;. The molecule has 4 aromatic heterocycles. The topological polar surface area (TPSA) is 192 Å². The lowest BCUT2D eigenvalue weighted by Crippen LogP contribution is -2.41.